The summed E-state index contributed by atoms with van der Waals surface area (Å²) in [5, 5.41) is 3.15. The molecule has 0 saturated heterocycles. The van der Waals surface area contributed by atoms with E-state index in [1.807, 2.05) is 6.92 Å². The van der Waals surface area contributed by atoms with Crippen molar-refractivity contribution < 1.29 is 27.2 Å². The minimum atomic E-state index is -4.73. The summed E-state index contributed by atoms with van der Waals surface area (Å²) in [6.07, 6.45) is -1.37. The van der Waals surface area contributed by atoms with Gasteiger partial charge in [-0.3, -0.25) is 19.0 Å². The van der Waals surface area contributed by atoms with Gasteiger partial charge in [0.05, 0.1) is 23.8 Å². The number of rotatable bonds is 8. The molecule has 0 spiro atoms. The highest BCUT2D eigenvalue weighted by Gasteiger charge is 2.32. The van der Waals surface area contributed by atoms with Gasteiger partial charge in [-0.1, -0.05) is 26.0 Å². The third-order valence-corrected chi connectivity index (χ3v) is 8.03. The maximum Gasteiger partial charge on any atom is 0.416 e. The molecule has 0 radical (unpaired) electrons. The number of carbonyl (C=O) groups is 2. The Bertz CT molecular complexity index is 2060. The van der Waals surface area contributed by atoms with Crippen LogP contribution in [0, 0.1) is 18.7 Å². The zero-order chi connectivity index (χ0) is 34.2. The van der Waals surface area contributed by atoms with Gasteiger partial charge in [-0.05, 0) is 73.0 Å². The Labute approximate surface area is 268 Å². The highest BCUT2D eigenvalue weighted by molar-refractivity contribution is 5.95. The van der Waals surface area contributed by atoms with Crippen LogP contribution in [0.3, 0.4) is 0 Å². The number of amides is 2. The molecule has 0 unspecified atom stereocenters. The molecule has 12 heteroatoms. The molecule has 5 aromatic rings. The molecule has 3 aromatic carbocycles. The molecule has 244 valence electrons. The molecule has 8 nitrogen and oxygen atoms in total. The second-order valence-corrected chi connectivity index (χ2v) is 11.7. The van der Waals surface area contributed by atoms with Crippen molar-refractivity contribution in [3.05, 3.63) is 111 Å². The van der Waals surface area contributed by atoms with Gasteiger partial charge in [0, 0.05) is 48.4 Å². The van der Waals surface area contributed by atoms with E-state index in [0.29, 0.717) is 34.0 Å². The molecule has 1 atom stereocenters. The maximum absolute atomic E-state index is 14.3. The van der Waals surface area contributed by atoms with Crippen LogP contribution in [0.4, 0.5) is 23.2 Å². The number of carbonyl (C=O) groups excluding carboxylic acids is 2. The van der Waals surface area contributed by atoms with Crippen LogP contribution >= 0.6 is 0 Å². The van der Waals surface area contributed by atoms with E-state index in [1.165, 1.54) is 39.9 Å². The van der Waals surface area contributed by atoms with E-state index in [2.05, 4.69) is 10.3 Å². The number of halogens is 4. The first-order valence-electron chi connectivity index (χ1n) is 14.9. The lowest BCUT2D eigenvalue weighted by molar-refractivity contribution is -0.137. The summed E-state index contributed by atoms with van der Waals surface area (Å²) in [7, 11) is 3.18. The van der Waals surface area contributed by atoms with Crippen LogP contribution in [-0.2, 0) is 17.5 Å². The van der Waals surface area contributed by atoms with Gasteiger partial charge in [-0.15, -0.1) is 0 Å². The average Bonchev–Trinajstić information content (AvgIpc) is 3.36. The number of alkyl halides is 3. The van der Waals surface area contributed by atoms with Crippen LogP contribution < -0.4 is 10.9 Å². The molecular formula is C35H33F4N5O3. The quantitative estimate of drug-likeness (QED) is 0.183. The highest BCUT2D eigenvalue weighted by atomic mass is 19.4. The Morgan fingerprint density at radius 1 is 1.04 bits per heavy atom. The number of benzene rings is 3. The predicted molar refractivity (Wildman–Crippen MR) is 172 cm³/mol. The third kappa shape index (κ3) is 6.81. The molecule has 0 aliphatic carbocycles. The third-order valence-electron chi connectivity index (χ3n) is 8.03. The number of fused-ring (bicyclic) bond motifs is 1. The van der Waals surface area contributed by atoms with Crippen LogP contribution in [0.1, 0.15) is 47.3 Å². The number of aromatic nitrogens is 3. The van der Waals surface area contributed by atoms with Crippen molar-refractivity contribution in [2.45, 2.75) is 39.9 Å². The van der Waals surface area contributed by atoms with Gasteiger partial charge in [0.2, 0.25) is 5.91 Å². The molecule has 1 N–H and O–H groups in total. The van der Waals surface area contributed by atoms with Crippen LogP contribution in [-0.4, -0.2) is 44.9 Å². The molecule has 0 bridgehead atoms. The van der Waals surface area contributed by atoms with Crippen molar-refractivity contribution in [2.24, 2.45) is 5.92 Å². The summed E-state index contributed by atoms with van der Waals surface area (Å²) in [5.41, 5.74) is 0.353. The van der Waals surface area contributed by atoms with Crippen molar-refractivity contribution in [3.8, 4) is 17.1 Å². The van der Waals surface area contributed by atoms with E-state index in [0.717, 1.165) is 12.1 Å². The molecule has 5 rings (SSSR count). The Morgan fingerprint density at radius 2 is 1.79 bits per heavy atom. The molecule has 0 aliphatic heterocycles. The molecule has 47 heavy (non-hydrogen) atoms. The number of nitrogens with one attached hydrogen (secondary N) is 1. The van der Waals surface area contributed by atoms with Crippen LogP contribution in [0.2, 0.25) is 0 Å². The van der Waals surface area contributed by atoms with Crippen LogP contribution in [0.25, 0.3) is 28.0 Å². The molecule has 2 aromatic heterocycles. The molecule has 0 aliphatic rings. The topological polar surface area (TPSA) is 89.2 Å². The van der Waals surface area contributed by atoms with Crippen LogP contribution in [0.5, 0.6) is 0 Å². The lowest BCUT2D eigenvalue weighted by Gasteiger charge is -2.18. The van der Waals surface area contributed by atoms with Gasteiger partial charge in [-0.25, -0.2) is 9.37 Å². The summed E-state index contributed by atoms with van der Waals surface area (Å²) in [5.74, 6) is -1.50. The first kappa shape index (κ1) is 33.1. The van der Waals surface area contributed by atoms with Gasteiger partial charge in [-0.2, -0.15) is 13.2 Å². The summed E-state index contributed by atoms with van der Waals surface area (Å²) in [6, 6.07) is 13.9. The molecule has 0 fully saturated rings. The van der Waals surface area contributed by atoms with Crippen molar-refractivity contribution in [1.29, 1.82) is 0 Å². The van der Waals surface area contributed by atoms with E-state index in [-0.39, 0.29) is 35.2 Å². The van der Waals surface area contributed by atoms with Crippen molar-refractivity contribution in [2.75, 3.05) is 19.4 Å². The SMILES string of the molecule is CC[C@@H](C)C(=O)Nc1cnc(-c2cccc(C(=O)N(C)C)c2)n(Cc2cc(-n3cc(C)c4cc(F)ccc43)cc(C(F)(F)F)c2)c1=O. The monoisotopic (exact) mass is 647 g/mol. The zero-order valence-corrected chi connectivity index (χ0v) is 26.4. The van der Waals surface area contributed by atoms with Gasteiger partial charge < -0.3 is 14.8 Å². The van der Waals surface area contributed by atoms with E-state index >= 15 is 0 Å². The summed E-state index contributed by atoms with van der Waals surface area (Å²) < 4.78 is 59.6. The van der Waals surface area contributed by atoms with Gasteiger partial charge in [0.25, 0.3) is 11.5 Å². The lowest BCUT2D eigenvalue weighted by atomic mass is 10.1. The molecule has 0 saturated carbocycles. The summed E-state index contributed by atoms with van der Waals surface area (Å²) >= 11 is 0. The van der Waals surface area contributed by atoms with Crippen molar-refractivity contribution >= 4 is 28.4 Å². The van der Waals surface area contributed by atoms with E-state index in [9.17, 15) is 31.9 Å². The fraction of sp³-hybridized carbons (Fsp3) is 0.257. The fourth-order valence-corrected chi connectivity index (χ4v) is 5.28. The predicted octanol–water partition coefficient (Wildman–Crippen LogP) is 7.06. The zero-order valence-electron chi connectivity index (χ0n) is 26.4. The normalized spacial score (nSPS) is 12.3. The van der Waals surface area contributed by atoms with E-state index < -0.39 is 34.9 Å². The smallest absolute Gasteiger partial charge is 0.345 e. The second kappa shape index (κ2) is 12.9. The number of hydrogen-bond acceptors (Lipinski definition) is 4. The molecular weight excluding hydrogens is 614 g/mol. The Kier molecular flexibility index (Phi) is 9.06. The lowest BCUT2D eigenvalue weighted by Crippen LogP contribution is -2.30. The first-order valence-corrected chi connectivity index (χ1v) is 14.9. The van der Waals surface area contributed by atoms with Gasteiger partial charge >= 0.3 is 6.18 Å². The van der Waals surface area contributed by atoms with Gasteiger partial charge in [0.1, 0.15) is 17.3 Å². The molecule has 2 heterocycles. The Hall–Kier alpha value is -5.26. The number of aryl methyl sites for hydroxylation is 1. The number of anilines is 1. The minimum Gasteiger partial charge on any atom is -0.345 e. The van der Waals surface area contributed by atoms with E-state index in [1.54, 1.807) is 63.0 Å². The number of nitrogens with zero attached hydrogens (tertiary/aromatic N) is 4. The summed E-state index contributed by atoms with van der Waals surface area (Å²) in [6.45, 7) is 4.90. The molecule has 2 amide bonds. The average molecular weight is 648 g/mol. The Morgan fingerprint density at radius 3 is 2.47 bits per heavy atom. The highest BCUT2D eigenvalue weighted by Crippen LogP contribution is 2.34. The minimum absolute atomic E-state index is 0.0849. The Balaban J connectivity index is 1.70. The standard InChI is InChI=1S/C35H33F4N5O3/c1-6-20(2)32(45)41-29-17-40-31(23-8-7-9-24(14-23)33(46)42(4)5)44(34(29)47)19-22-12-25(35(37,38)39)15-27(13-22)43-18-21(3)28-16-26(36)10-11-30(28)43/h7-18,20H,6,19H2,1-5H3,(H,41,45)/t20-/m1/s1. The number of hydrogen-bond donors (Lipinski definition) is 1. The summed E-state index contributed by atoms with van der Waals surface area (Å²) in [4.78, 5) is 45.2. The van der Waals surface area contributed by atoms with Crippen LogP contribution in [0.15, 0.2) is 77.9 Å². The second-order valence-electron chi connectivity index (χ2n) is 11.7. The fourth-order valence-electron chi connectivity index (χ4n) is 5.28. The maximum atomic E-state index is 14.3. The van der Waals surface area contributed by atoms with E-state index in [4.69, 9.17) is 0 Å². The first-order chi connectivity index (χ1) is 22.2. The largest absolute Gasteiger partial charge is 0.416 e. The van der Waals surface area contributed by atoms with Gasteiger partial charge in [0.15, 0.2) is 0 Å². The van der Waals surface area contributed by atoms with Crippen molar-refractivity contribution in [1.82, 2.24) is 19.0 Å². The van der Waals surface area contributed by atoms with Crippen molar-refractivity contribution in [3.63, 3.8) is 0 Å².